The highest BCUT2D eigenvalue weighted by Gasteiger charge is 2.37. The van der Waals surface area contributed by atoms with Crippen LogP contribution in [-0.2, 0) is 6.42 Å². The van der Waals surface area contributed by atoms with E-state index in [0.29, 0.717) is 31.7 Å². The van der Waals surface area contributed by atoms with E-state index in [-0.39, 0.29) is 23.5 Å². The number of aromatic nitrogens is 1. The second kappa shape index (κ2) is 6.72. The number of ketones is 1. The Balaban J connectivity index is 1.61. The molecule has 2 heterocycles. The standard InChI is InChI=1S/C21H25N3O2/c1-13-19-17(8-5-9-18(19)25)23-20(13)21(26)24-11-15(10-22)16(12-24)14-6-3-2-4-7-14/h2-4,6-7,15-16,23H,5,8-12,22H2,1H3/t15-,16+/m1/s1. The molecule has 1 aliphatic heterocycles. The third-order valence-corrected chi connectivity index (χ3v) is 5.91. The van der Waals surface area contributed by atoms with Crippen molar-refractivity contribution < 1.29 is 9.59 Å². The summed E-state index contributed by atoms with van der Waals surface area (Å²) in [6, 6.07) is 10.3. The lowest BCUT2D eigenvalue weighted by atomic mass is 9.89. The van der Waals surface area contributed by atoms with Gasteiger partial charge in [-0.1, -0.05) is 30.3 Å². The molecule has 1 aromatic carbocycles. The first-order chi connectivity index (χ1) is 12.6. The van der Waals surface area contributed by atoms with E-state index in [4.69, 9.17) is 5.73 Å². The molecule has 2 aliphatic rings. The van der Waals surface area contributed by atoms with E-state index in [9.17, 15) is 9.59 Å². The number of hydrogen-bond donors (Lipinski definition) is 2. The topological polar surface area (TPSA) is 79.2 Å². The lowest BCUT2D eigenvalue weighted by molar-refractivity contribution is 0.0780. The lowest BCUT2D eigenvalue weighted by Crippen LogP contribution is -2.30. The minimum atomic E-state index is -0.0124. The van der Waals surface area contributed by atoms with Crippen molar-refractivity contribution in [2.24, 2.45) is 11.7 Å². The van der Waals surface area contributed by atoms with Crippen LogP contribution in [0.1, 0.15) is 56.4 Å². The number of rotatable bonds is 3. The van der Waals surface area contributed by atoms with Gasteiger partial charge in [0.1, 0.15) is 5.69 Å². The number of nitrogens with zero attached hydrogens (tertiary/aromatic N) is 1. The second-order valence-corrected chi connectivity index (χ2v) is 7.48. The van der Waals surface area contributed by atoms with Gasteiger partial charge in [-0.05, 0) is 43.4 Å². The molecule has 2 aromatic rings. The highest BCUT2D eigenvalue weighted by atomic mass is 16.2. The SMILES string of the molecule is Cc1c(C(=O)N2C[C@@H](CN)[C@H](c3ccccc3)C2)[nH]c2c1C(=O)CCC2. The van der Waals surface area contributed by atoms with Gasteiger partial charge in [0.25, 0.3) is 5.91 Å². The van der Waals surface area contributed by atoms with E-state index in [0.717, 1.165) is 29.7 Å². The molecule has 3 N–H and O–H groups in total. The van der Waals surface area contributed by atoms with Crippen LogP contribution >= 0.6 is 0 Å². The van der Waals surface area contributed by atoms with Crippen LogP contribution in [-0.4, -0.2) is 41.2 Å². The molecule has 1 aromatic heterocycles. The maximum Gasteiger partial charge on any atom is 0.270 e. The number of carbonyl (C=O) groups excluding carboxylic acids is 2. The molecule has 26 heavy (non-hydrogen) atoms. The van der Waals surface area contributed by atoms with Gasteiger partial charge >= 0.3 is 0 Å². The van der Waals surface area contributed by atoms with Gasteiger partial charge in [0.05, 0.1) is 0 Å². The monoisotopic (exact) mass is 351 g/mol. The van der Waals surface area contributed by atoms with Crippen molar-refractivity contribution in [3.8, 4) is 0 Å². The Bertz CT molecular complexity index is 840. The normalized spacial score (nSPS) is 22.5. The molecule has 0 saturated carbocycles. The van der Waals surface area contributed by atoms with Crippen LogP contribution in [0.4, 0.5) is 0 Å². The number of Topliss-reactive ketones (excluding diaryl/α,β-unsaturated/α-hetero) is 1. The first-order valence-electron chi connectivity index (χ1n) is 9.39. The van der Waals surface area contributed by atoms with Crippen molar-refractivity contribution in [1.29, 1.82) is 0 Å². The van der Waals surface area contributed by atoms with E-state index in [1.165, 1.54) is 5.56 Å². The fourth-order valence-corrected chi connectivity index (χ4v) is 4.50. The molecular weight excluding hydrogens is 326 g/mol. The summed E-state index contributed by atoms with van der Waals surface area (Å²) >= 11 is 0. The van der Waals surface area contributed by atoms with E-state index in [1.807, 2.05) is 30.0 Å². The number of aromatic amines is 1. The van der Waals surface area contributed by atoms with Gasteiger partial charge < -0.3 is 15.6 Å². The van der Waals surface area contributed by atoms with Crippen LogP contribution in [0.25, 0.3) is 0 Å². The Morgan fingerprint density at radius 1 is 1.23 bits per heavy atom. The molecule has 136 valence electrons. The Hall–Kier alpha value is -2.40. The molecule has 0 unspecified atom stereocenters. The Morgan fingerprint density at radius 2 is 2.00 bits per heavy atom. The number of likely N-dealkylation sites (tertiary alicyclic amines) is 1. The number of aryl methyl sites for hydroxylation is 1. The fourth-order valence-electron chi connectivity index (χ4n) is 4.50. The molecule has 0 bridgehead atoms. The van der Waals surface area contributed by atoms with Gasteiger partial charge in [0.2, 0.25) is 0 Å². The van der Waals surface area contributed by atoms with Gasteiger partial charge in [0, 0.05) is 36.7 Å². The van der Waals surface area contributed by atoms with Gasteiger partial charge in [-0.3, -0.25) is 9.59 Å². The molecule has 1 saturated heterocycles. The molecule has 5 heteroatoms. The summed E-state index contributed by atoms with van der Waals surface area (Å²) in [6.45, 7) is 3.77. The highest BCUT2D eigenvalue weighted by Crippen LogP contribution is 2.34. The van der Waals surface area contributed by atoms with Gasteiger partial charge in [-0.25, -0.2) is 0 Å². The summed E-state index contributed by atoms with van der Waals surface area (Å²) in [5, 5.41) is 0. The van der Waals surface area contributed by atoms with Crippen molar-refractivity contribution in [3.05, 3.63) is 58.4 Å². The lowest BCUT2D eigenvalue weighted by Gasteiger charge is -2.17. The van der Waals surface area contributed by atoms with Crippen molar-refractivity contribution in [3.63, 3.8) is 0 Å². The first kappa shape index (κ1) is 17.0. The number of benzene rings is 1. The number of amides is 1. The highest BCUT2D eigenvalue weighted by molar-refractivity contribution is 6.04. The predicted molar refractivity (Wildman–Crippen MR) is 100 cm³/mol. The quantitative estimate of drug-likeness (QED) is 0.892. The van der Waals surface area contributed by atoms with Crippen molar-refractivity contribution in [2.75, 3.05) is 19.6 Å². The number of carbonyl (C=O) groups is 2. The Kier molecular flexibility index (Phi) is 4.41. The van der Waals surface area contributed by atoms with Crippen LogP contribution < -0.4 is 5.73 Å². The molecule has 2 atom stereocenters. The third-order valence-electron chi connectivity index (χ3n) is 5.91. The summed E-state index contributed by atoms with van der Waals surface area (Å²) in [5.41, 5.74) is 10.3. The van der Waals surface area contributed by atoms with Crippen molar-refractivity contribution >= 4 is 11.7 Å². The second-order valence-electron chi connectivity index (χ2n) is 7.48. The summed E-state index contributed by atoms with van der Waals surface area (Å²) in [4.78, 5) is 30.6. The van der Waals surface area contributed by atoms with Gasteiger partial charge in [-0.15, -0.1) is 0 Å². The molecule has 1 amide bonds. The summed E-state index contributed by atoms with van der Waals surface area (Å²) in [6.07, 6.45) is 2.27. The van der Waals surface area contributed by atoms with Crippen LogP contribution in [0, 0.1) is 12.8 Å². The zero-order valence-electron chi connectivity index (χ0n) is 15.1. The summed E-state index contributed by atoms with van der Waals surface area (Å²) in [7, 11) is 0. The van der Waals surface area contributed by atoms with Crippen molar-refractivity contribution in [2.45, 2.75) is 32.1 Å². The van der Waals surface area contributed by atoms with E-state index < -0.39 is 0 Å². The van der Waals surface area contributed by atoms with Crippen molar-refractivity contribution in [1.82, 2.24) is 9.88 Å². The van der Waals surface area contributed by atoms with Gasteiger partial charge in [0.15, 0.2) is 5.78 Å². The minimum absolute atomic E-state index is 0.0124. The number of nitrogens with two attached hydrogens (primary N) is 1. The molecule has 5 nitrogen and oxygen atoms in total. The number of hydrogen-bond acceptors (Lipinski definition) is 3. The molecule has 0 radical (unpaired) electrons. The zero-order chi connectivity index (χ0) is 18.3. The summed E-state index contributed by atoms with van der Waals surface area (Å²) in [5.74, 6) is 0.661. The van der Waals surface area contributed by atoms with Crippen LogP contribution in [0.5, 0.6) is 0 Å². The maximum absolute atomic E-state index is 13.2. The smallest absolute Gasteiger partial charge is 0.270 e. The van der Waals surface area contributed by atoms with E-state index >= 15 is 0 Å². The van der Waals surface area contributed by atoms with E-state index in [1.54, 1.807) is 0 Å². The fraction of sp³-hybridized carbons (Fsp3) is 0.429. The van der Waals surface area contributed by atoms with Crippen LogP contribution in [0.15, 0.2) is 30.3 Å². The van der Waals surface area contributed by atoms with Crippen LogP contribution in [0.2, 0.25) is 0 Å². The number of nitrogens with one attached hydrogen (secondary N) is 1. The van der Waals surface area contributed by atoms with Gasteiger partial charge in [-0.2, -0.15) is 0 Å². The summed E-state index contributed by atoms with van der Waals surface area (Å²) < 4.78 is 0. The zero-order valence-corrected chi connectivity index (χ0v) is 15.1. The molecular formula is C21H25N3O2. The molecule has 4 rings (SSSR count). The first-order valence-corrected chi connectivity index (χ1v) is 9.39. The Morgan fingerprint density at radius 3 is 2.69 bits per heavy atom. The Labute approximate surface area is 153 Å². The predicted octanol–water partition coefficient (Wildman–Crippen LogP) is 2.66. The van der Waals surface area contributed by atoms with Crippen LogP contribution in [0.3, 0.4) is 0 Å². The maximum atomic E-state index is 13.2. The minimum Gasteiger partial charge on any atom is -0.354 e. The molecule has 0 spiro atoms. The largest absolute Gasteiger partial charge is 0.354 e. The number of H-pyrrole nitrogens is 1. The average Bonchev–Trinajstić information content (AvgIpc) is 3.24. The van der Waals surface area contributed by atoms with E-state index in [2.05, 4.69) is 17.1 Å². The third kappa shape index (κ3) is 2.76. The number of fused-ring (bicyclic) bond motifs is 1. The average molecular weight is 351 g/mol. The molecule has 1 fully saturated rings. The molecule has 1 aliphatic carbocycles.